The third kappa shape index (κ3) is 5.82. The van der Waals surface area contributed by atoms with Crippen LogP contribution in [0.25, 0.3) is 0 Å². The number of hydrogen-bond acceptors (Lipinski definition) is 4. The monoisotopic (exact) mass is 314 g/mol. The molecule has 6 nitrogen and oxygen atoms in total. The van der Waals surface area contributed by atoms with Crippen LogP contribution in [0.3, 0.4) is 0 Å². The second-order valence-electron chi connectivity index (χ2n) is 5.10. The van der Waals surface area contributed by atoms with Crippen molar-refractivity contribution in [2.24, 2.45) is 5.92 Å². The lowest BCUT2D eigenvalue weighted by molar-refractivity contribution is 0.0951. The molecule has 1 aromatic carbocycles. The van der Waals surface area contributed by atoms with Crippen molar-refractivity contribution in [1.29, 1.82) is 0 Å². The number of aliphatic hydroxyl groups excluding tert-OH is 1. The summed E-state index contributed by atoms with van der Waals surface area (Å²) in [6.07, 6.45) is 0.483. The smallest absolute Gasteiger partial charge is 0.251 e. The summed E-state index contributed by atoms with van der Waals surface area (Å²) in [7, 11) is -3.53. The fourth-order valence-corrected chi connectivity index (χ4v) is 2.74. The van der Waals surface area contributed by atoms with Crippen LogP contribution in [-0.4, -0.2) is 39.1 Å². The Bertz CT molecular complexity index is 553. The van der Waals surface area contributed by atoms with Crippen molar-refractivity contribution in [1.82, 2.24) is 10.0 Å². The molecule has 0 aliphatic carbocycles. The van der Waals surface area contributed by atoms with Gasteiger partial charge >= 0.3 is 0 Å². The number of carbonyl (C=O) groups is 1. The molecule has 0 heterocycles. The Morgan fingerprint density at radius 3 is 2.38 bits per heavy atom. The largest absolute Gasteiger partial charge is 0.396 e. The van der Waals surface area contributed by atoms with E-state index in [4.69, 9.17) is 5.11 Å². The standard InChI is InChI=1S/C14H22N2O4S/c1-11(2)10-16-21(19,20)13-6-4-12(5-7-13)14(18)15-8-3-9-17/h4-7,11,16-17H,3,8-10H2,1-2H3,(H,15,18). The molecule has 3 N–H and O–H groups in total. The van der Waals surface area contributed by atoms with Crippen molar-refractivity contribution < 1.29 is 18.3 Å². The number of nitrogens with one attached hydrogen (secondary N) is 2. The van der Waals surface area contributed by atoms with Crippen molar-refractivity contribution in [3.8, 4) is 0 Å². The maximum Gasteiger partial charge on any atom is 0.251 e. The Kier molecular flexibility index (Phi) is 6.80. The lowest BCUT2D eigenvalue weighted by Crippen LogP contribution is -2.28. The van der Waals surface area contributed by atoms with Gasteiger partial charge in [-0.1, -0.05) is 13.8 Å². The fourth-order valence-electron chi connectivity index (χ4n) is 1.53. The average molecular weight is 314 g/mol. The minimum absolute atomic E-state index is 0.0129. The molecule has 0 atom stereocenters. The second-order valence-corrected chi connectivity index (χ2v) is 6.87. The number of aliphatic hydroxyl groups is 1. The number of hydrogen-bond donors (Lipinski definition) is 3. The summed E-state index contributed by atoms with van der Waals surface area (Å²) in [6, 6.07) is 5.75. The van der Waals surface area contributed by atoms with Gasteiger partial charge in [0.1, 0.15) is 0 Å². The molecule has 21 heavy (non-hydrogen) atoms. The summed E-state index contributed by atoms with van der Waals surface area (Å²) in [5, 5.41) is 11.3. The van der Waals surface area contributed by atoms with Gasteiger partial charge in [-0.05, 0) is 36.6 Å². The number of carbonyl (C=O) groups excluding carboxylic acids is 1. The average Bonchev–Trinajstić information content (AvgIpc) is 2.45. The minimum atomic E-state index is -3.53. The number of benzene rings is 1. The first-order valence-corrected chi connectivity index (χ1v) is 8.34. The van der Waals surface area contributed by atoms with Gasteiger partial charge in [0.05, 0.1) is 4.90 Å². The van der Waals surface area contributed by atoms with E-state index >= 15 is 0 Å². The third-order valence-corrected chi connectivity index (χ3v) is 4.17. The molecule has 1 rings (SSSR count). The van der Waals surface area contributed by atoms with E-state index in [1.165, 1.54) is 24.3 Å². The molecule has 118 valence electrons. The topological polar surface area (TPSA) is 95.5 Å². The summed E-state index contributed by atoms with van der Waals surface area (Å²) in [5.74, 6) is -0.0705. The van der Waals surface area contributed by atoms with Crippen molar-refractivity contribution in [3.05, 3.63) is 29.8 Å². The van der Waals surface area contributed by atoms with E-state index in [1.807, 2.05) is 13.8 Å². The highest BCUT2D eigenvalue weighted by Crippen LogP contribution is 2.11. The van der Waals surface area contributed by atoms with Crippen LogP contribution in [0, 0.1) is 5.92 Å². The Morgan fingerprint density at radius 2 is 1.86 bits per heavy atom. The maximum atomic E-state index is 12.0. The molecule has 1 aromatic rings. The molecule has 0 fully saturated rings. The molecular formula is C14H22N2O4S. The molecule has 0 saturated heterocycles. The Hall–Kier alpha value is -1.44. The Labute approximate surface area is 125 Å². The van der Waals surface area contributed by atoms with E-state index in [0.29, 0.717) is 25.1 Å². The summed E-state index contributed by atoms with van der Waals surface area (Å²) >= 11 is 0. The highest BCUT2D eigenvalue weighted by atomic mass is 32.2. The van der Waals surface area contributed by atoms with E-state index in [2.05, 4.69) is 10.0 Å². The first-order chi connectivity index (χ1) is 9.86. The van der Waals surface area contributed by atoms with Gasteiger partial charge in [0.25, 0.3) is 5.91 Å². The normalized spacial score (nSPS) is 11.6. The van der Waals surface area contributed by atoms with Crippen molar-refractivity contribution in [2.45, 2.75) is 25.2 Å². The van der Waals surface area contributed by atoms with E-state index in [-0.39, 0.29) is 23.3 Å². The van der Waals surface area contributed by atoms with Gasteiger partial charge in [-0.25, -0.2) is 13.1 Å². The molecule has 0 spiro atoms. The molecule has 0 aromatic heterocycles. The van der Waals surface area contributed by atoms with E-state index in [1.54, 1.807) is 0 Å². The van der Waals surface area contributed by atoms with Crippen LogP contribution in [0.1, 0.15) is 30.6 Å². The summed E-state index contributed by atoms with van der Waals surface area (Å²) in [6.45, 7) is 4.60. The lowest BCUT2D eigenvalue weighted by atomic mass is 10.2. The Balaban J connectivity index is 2.71. The SMILES string of the molecule is CC(C)CNS(=O)(=O)c1ccc(C(=O)NCCCO)cc1. The molecule has 0 bridgehead atoms. The number of sulfonamides is 1. The van der Waals surface area contributed by atoms with Gasteiger partial charge in [-0.15, -0.1) is 0 Å². The summed E-state index contributed by atoms with van der Waals surface area (Å²) in [4.78, 5) is 11.9. The molecule has 0 radical (unpaired) electrons. The minimum Gasteiger partial charge on any atom is -0.396 e. The predicted molar refractivity (Wildman–Crippen MR) is 80.5 cm³/mol. The van der Waals surface area contributed by atoms with Crippen molar-refractivity contribution in [2.75, 3.05) is 19.7 Å². The van der Waals surface area contributed by atoms with Crippen LogP contribution in [0.5, 0.6) is 0 Å². The van der Waals surface area contributed by atoms with E-state index < -0.39 is 10.0 Å². The van der Waals surface area contributed by atoms with Crippen LogP contribution < -0.4 is 10.0 Å². The molecule has 0 aliphatic rings. The van der Waals surface area contributed by atoms with Crippen LogP contribution in [-0.2, 0) is 10.0 Å². The van der Waals surface area contributed by atoms with Gasteiger partial charge in [-0.2, -0.15) is 0 Å². The van der Waals surface area contributed by atoms with Crippen molar-refractivity contribution in [3.63, 3.8) is 0 Å². The molecule has 1 amide bonds. The molecule has 0 aliphatic heterocycles. The highest BCUT2D eigenvalue weighted by Gasteiger charge is 2.15. The third-order valence-electron chi connectivity index (χ3n) is 2.73. The zero-order valence-electron chi connectivity index (χ0n) is 12.3. The lowest BCUT2D eigenvalue weighted by Gasteiger charge is -2.09. The predicted octanol–water partition coefficient (Wildman–Crippen LogP) is 0.733. The first kappa shape index (κ1) is 17.6. The van der Waals surface area contributed by atoms with Gasteiger partial charge < -0.3 is 10.4 Å². The second kappa shape index (κ2) is 8.11. The van der Waals surface area contributed by atoms with Gasteiger partial charge in [0.2, 0.25) is 10.0 Å². The number of amides is 1. The summed E-state index contributed by atoms with van der Waals surface area (Å²) in [5.41, 5.74) is 0.385. The fraction of sp³-hybridized carbons (Fsp3) is 0.500. The quantitative estimate of drug-likeness (QED) is 0.617. The van der Waals surface area contributed by atoms with Crippen molar-refractivity contribution >= 4 is 15.9 Å². The molecular weight excluding hydrogens is 292 g/mol. The molecule has 0 unspecified atom stereocenters. The van der Waals surface area contributed by atoms with Crippen LogP contribution in [0.4, 0.5) is 0 Å². The van der Waals surface area contributed by atoms with Gasteiger partial charge in [0, 0.05) is 25.3 Å². The van der Waals surface area contributed by atoms with Crippen LogP contribution >= 0.6 is 0 Å². The first-order valence-electron chi connectivity index (χ1n) is 6.85. The van der Waals surface area contributed by atoms with E-state index in [9.17, 15) is 13.2 Å². The Morgan fingerprint density at radius 1 is 1.24 bits per heavy atom. The van der Waals surface area contributed by atoms with Gasteiger partial charge in [-0.3, -0.25) is 4.79 Å². The summed E-state index contributed by atoms with van der Waals surface area (Å²) < 4.78 is 26.5. The zero-order valence-corrected chi connectivity index (χ0v) is 13.1. The number of rotatable bonds is 8. The van der Waals surface area contributed by atoms with Gasteiger partial charge in [0.15, 0.2) is 0 Å². The highest BCUT2D eigenvalue weighted by molar-refractivity contribution is 7.89. The maximum absolute atomic E-state index is 12.0. The molecule has 7 heteroatoms. The zero-order chi connectivity index (χ0) is 15.9. The van der Waals surface area contributed by atoms with Crippen LogP contribution in [0.15, 0.2) is 29.2 Å². The van der Waals surface area contributed by atoms with Crippen LogP contribution in [0.2, 0.25) is 0 Å². The van der Waals surface area contributed by atoms with E-state index in [0.717, 1.165) is 0 Å². The molecule has 0 saturated carbocycles.